The summed E-state index contributed by atoms with van der Waals surface area (Å²) in [6.07, 6.45) is 6.17. The van der Waals surface area contributed by atoms with E-state index < -0.39 is 9.97 Å². The van der Waals surface area contributed by atoms with Crippen molar-refractivity contribution in [2.24, 2.45) is 0 Å². The third kappa shape index (κ3) is 6.40. The Labute approximate surface area is 130 Å². The predicted molar refractivity (Wildman–Crippen MR) is 85.9 cm³/mol. The molecule has 0 aromatic carbocycles. The van der Waals surface area contributed by atoms with Crippen LogP contribution in [0.3, 0.4) is 0 Å². The number of thiol groups is 1. The molecular formula is C14H26NO3SSi. The number of nitriles is 1. The fourth-order valence-electron chi connectivity index (χ4n) is 1.69. The molecule has 4 nitrogen and oxygen atoms in total. The van der Waals surface area contributed by atoms with Crippen LogP contribution in [0, 0.1) is 11.3 Å². The van der Waals surface area contributed by atoms with E-state index in [-0.39, 0.29) is 21.1 Å². The quantitative estimate of drug-likeness (QED) is 0.328. The lowest BCUT2D eigenvalue weighted by Crippen LogP contribution is -2.45. The number of ether oxygens (including phenoxy) is 1. The van der Waals surface area contributed by atoms with E-state index in [1.807, 2.05) is 0 Å². The van der Waals surface area contributed by atoms with Crippen molar-refractivity contribution in [3.8, 4) is 6.07 Å². The van der Waals surface area contributed by atoms with Crippen molar-refractivity contribution >= 4 is 27.1 Å². The van der Waals surface area contributed by atoms with Crippen LogP contribution in [0.25, 0.3) is 0 Å². The molecule has 0 rings (SSSR count). The summed E-state index contributed by atoms with van der Waals surface area (Å²) >= 11 is 4.43. The minimum atomic E-state index is -1.12. The molecule has 0 aliphatic heterocycles. The van der Waals surface area contributed by atoms with Gasteiger partial charge in [0.1, 0.15) is 24.5 Å². The molecule has 6 heteroatoms. The van der Waals surface area contributed by atoms with Crippen LogP contribution in [0.15, 0.2) is 0 Å². The monoisotopic (exact) mass is 316 g/mol. The van der Waals surface area contributed by atoms with Gasteiger partial charge in [0.05, 0.1) is 12.7 Å². The molecule has 0 spiro atoms. The molecule has 2 atom stereocenters. The first-order valence-corrected chi connectivity index (χ1v) is 8.46. The highest BCUT2D eigenvalue weighted by Gasteiger charge is 2.32. The van der Waals surface area contributed by atoms with E-state index in [0.29, 0.717) is 6.42 Å². The van der Waals surface area contributed by atoms with E-state index in [0.717, 1.165) is 19.3 Å². The summed E-state index contributed by atoms with van der Waals surface area (Å²) in [5.74, 6) is 0. The van der Waals surface area contributed by atoms with Gasteiger partial charge in [0.25, 0.3) is 0 Å². The van der Waals surface area contributed by atoms with Gasteiger partial charge in [-0.25, -0.2) is 0 Å². The molecular weight excluding hydrogens is 290 g/mol. The number of unbranched alkanes of at least 4 members (excludes halogenated alkanes) is 4. The summed E-state index contributed by atoms with van der Waals surface area (Å²) in [7, 11) is 1.24. The Bertz CT molecular complexity index is 353. The van der Waals surface area contributed by atoms with E-state index in [9.17, 15) is 15.5 Å². The SMILES string of the molecule is CCCCCCCC(S)(C#N)[Si]=C(O)C(C)(CO)OC. The summed E-state index contributed by atoms with van der Waals surface area (Å²) in [4.78, 5) is 0. The standard InChI is InChI=1S/C14H26NO3SSi/c1-4-5-6-7-8-9-14(19,10-15)20-12(17)13(2,11-16)18-3/h16-17,19H,4-9,11H2,1-3H3. The summed E-state index contributed by atoms with van der Waals surface area (Å²) in [6.45, 7) is 3.43. The Balaban J connectivity index is 4.68. The second kappa shape index (κ2) is 9.56. The van der Waals surface area contributed by atoms with Crippen molar-refractivity contribution in [3.05, 3.63) is 0 Å². The number of nitrogens with zero attached hydrogens (tertiary/aromatic N) is 1. The molecule has 20 heavy (non-hydrogen) atoms. The second-order valence-electron chi connectivity index (χ2n) is 5.20. The van der Waals surface area contributed by atoms with Gasteiger partial charge in [0, 0.05) is 7.11 Å². The Morgan fingerprint density at radius 2 is 1.95 bits per heavy atom. The van der Waals surface area contributed by atoms with Crippen LogP contribution in [0.2, 0.25) is 0 Å². The topological polar surface area (TPSA) is 73.5 Å². The highest BCUT2D eigenvalue weighted by molar-refractivity contribution is 7.83. The lowest BCUT2D eigenvalue weighted by atomic mass is 10.1. The first kappa shape index (κ1) is 19.6. The third-order valence-corrected chi connectivity index (χ3v) is 5.61. The van der Waals surface area contributed by atoms with Crippen molar-refractivity contribution in [3.63, 3.8) is 0 Å². The van der Waals surface area contributed by atoms with Crippen LogP contribution < -0.4 is 0 Å². The molecule has 0 amide bonds. The van der Waals surface area contributed by atoms with Gasteiger partial charge in [-0.05, 0) is 13.3 Å². The molecule has 2 unspecified atom stereocenters. The molecule has 115 valence electrons. The van der Waals surface area contributed by atoms with Crippen LogP contribution in [-0.4, -0.2) is 48.4 Å². The summed E-state index contributed by atoms with van der Waals surface area (Å²) < 4.78 is 4.24. The largest absolute Gasteiger partial charge is 0.515 e. The smallest absolute Gasteiger partial charge is 0.139 e. The molecule has 2 N–H and O–H groups in total. The lowest BCUT2D eigenvalue weighted by molar-refractivity contribution is 0.00636. The van der Waals surface area contributed by atoms with Crippen molar-refractivity contribution in [2.45, 2.75) is 62.3 Å². The molecule has 0 saturated heterocycles. The minimum absolute atomic E-state index is 0.00684. The van der Waals surface area contributed by atoms with Crippen LogP contribution in [0.5, 0.6) is 0 Å². The second-order valence-corrected chi connectivity index (χ2v) is 7.96. The highest BCUT2D eigenvalue weighted by atomic mass is 32.1. The molecule has 0 aliphatic carbocycles. The lowest BCUT2D eigenvalue weighted by Gasteiger charge is -2.27. The van der Waals surface area contributed by atoms with Gasteiger partial charge >= 0.3 is 0 Å². The zero-order valence-corrected chi connectivity index (χ0v) is 14.5. The van der Waals surface area contributed by atoms with Crippen LogP contribution in [0.1, 0.15) is 52.4 Å². The molecule has 0 aliphatic rings. The third-order valence-electron chi connectivity index (χ3n) is 3.41. The van der Waals surface area contributed by atoms with Gasteiger partial charge in [-0.15, -0.1) is 0 Å². The number of rotatable bonds is 10. The van der Waals surface area contributed by atoms with Crippen LogP contribution in [-0.2, 0) is 4.74 Å². The summed E-state index contributed by atoms with van der Waals surface area (Å²) in [5.41, 5.74) is -1.12. The number of methoxy groups -OCH3 is 1. The van der Waals surface area contributed by atoms with Crippen molar-refractivity contribution < 1.29 is 14.9 Å². The van der Waals surface area contributed by atoms with Crippen molar-refractivity contribution in [1.29, 1.82) is 5.26 Å². The molecule has 0 fully saturated rings. The molecule has 0 saturated carbocycles. The molecule has 1 radical (unpaired) electrons. The maximum absolute atomic E-state index is 10.1. The van der Waals surface area contributed by atoms with E-state index >= 15 is 0 Å². The zero-order chi connectivity index (χ0) is 15.6. The number of aliphatic hydroxyl groups is 2. The van der Waals surface area contributed by atoms with Gasteiger partial charge in [-0.2, -0.15) is 17.9 Å². The van der Waals surface area contributed by atoms with E-state index in [2.05, 4.69) is 25.6 Å². The molecule has 0 aromatic heterocycles. The Kier molecular flexibility index (Phi) is 9.39. The molecule has 0 heterocycles. The van der Waals surface area contributed by atoms with Crippen molar-refractivity contribution in [2.75, 3.05) is 13.7 Å². The normalized spacial score (nSPS) is 18.1. The predicted octanol–water partition coefficient (Wildman–Crippen LogP) is 2.10. The minimum Gasteiger partial charge on any atom is -0.515 e. The van der Waals surface area contributed by atoms with Gasteiger partial charge in [0.15, 0.2) is 0 Å². The van der Waals surface area contributed by atoms with Gasteiger partial charge in [-0.1, -0.05) is 39.0 Å². The fraction of sp³-hybridized carbons (Fsp3) is 0.857. The summed E-state index contributed by atoms with van der Waals surface area (Å²) in [5, 5.41) is 28.7. The van der Waals surface area contributed by atoms with E-state index in [1.54, 1.807) is 6.92 Å². The van der Waals surface area contributed by atoms with Crippen LogP contribution >= 0.6 is 12.6 Å². The summed E-state index contributed by atoms with van der Waals surface area (Å²) in [6, 6.07) is 2.18. The Morgan fingerprint density at radius 1 is 1.35 bits per heavy atom. The Hall–Kier alpha value is -0.353. The molecule has 0 bridgehead atoms. The van der Waals surface area contributed by atoms with Gasteiger partial charge < -0.3 is 14.9 Å². The number of hydrogen-bond acceptors (Lipinski definition) is 5. The Morgan fingerprint density at radius 3 is 2.40 bits per heavy atom. The first-order chi connectivity index (χ1) is 9.37. The van der Waals surface area contributed by atoms with Crippen LogP contribution in [0.4, 0.5) is 0 Å². The highest BCUT2D eigenvalue weighted by Crippen LogP contribution is 2.21. The fourth-order valence-corrected chi connectivity index (χ4v) is 3.37. The van der Waals surface area contributed by atoms with Gasteiger partial charge in [0.2, 0.25) is 0 Å². The maximum Gasteiger partial charge on any atom is 0.139 e. The number of hydrogen-bond donors (Lipinski definition) is 3. The number of aliphatic hydroxyl groups excluding tert-OH is 2. The molecule has 0 aromatic rings. The average Bonchev–Trinajstić information content (AvgIpc) is 2.46. The van der Waals surface area contributed by atoms with E-state index in [1.165, 1.54) is 20.0 Å². The maximum atomic E-state index is 10.1. The van der Waals surface area contributed by atoms with E-state index in [4.69, 9.17) is 4.74 Å². The van der Waals surface area contributed by atoms with Crippen molar-refractivity contribution in [1.82, 2.24) is 0 Å². The average molecular weight is 317 g/mol. The zero-order valence-electron chi connectivity index (χ0n) is 12.6. The first-order valence-electron chi connectivity index (χ1n) is 7.01. The van der Waals surface area contributed by atoms with Gasteiger partial charge in [-0.3, -0.25) is 0 Å².